The van der Waals surface area contributed by atoms with Gasteiger partial charge in [-0.25, -0.2) is 8.78 Å². The Morgan fingerprint density at radius 3 is 2.62 bits per heavy atom. The molecule has 0 aliphatic heterocycles. The van der Waals surface area contributed by atoms with Gasteiger partial charge in [0.25, 0.3) is 5.69 Å². The molecular weight excluding hydrogens is 284 g/mol. The lowest BCUT2D eigenvalue weighted by atomic mass is 10.2. The van der Waals surface area contributed by atoms with Crippen LogP contribution in [0.3, 0.4) is 0 Å². The number of carbonyl (C=O) groups is 1. The summed E-state index contributed by atoms with van der Waals surface area (Å²) < 4.78 is 26.7. The number of benzene rings is 1. The van der Waals surface area contributed by atoms with Gasteiger partial charge in [0, 0.05) is 12.1 Å². The van der Waals surface area contributed by atoms with E-state index in [1.54, 1.807) is 0 Å². The molecule has 1 aliphatic carbocycles. The predicted molar refractivity (Wildman–Crippen MR) is 71.9 cm³/mol. The summed E-state index contributed by atoms with van der Waals surface area (Å²) in [4.78, 5) is 21.6. The molecule has 8 heteroatoms. The van der Waals surface area contributed by atoms with Crippen LogP contribution in [0, 0.1) is 21.7 Å². The van der Waals surface area contributed by atoms with Crippen LogP contribution in [-0.4, -0.2) is 23.4 Å². The van der Waals surface area contributed by atoms with Crippen LogP contribution in [0.25, 0.3) is 0 Å². The maximum Gasteiger partial charge on any atom is 0.296 e. The van der Waals surface area contributed by atoms with Gasteiger partial charge in [0.05, 0.1) is 11.5 Å². The Morgan fingerprint density at radius 2 is 2.00 bits per heavy atom. The first kappa shape index (κ1) is 15.3. The summed E-state index contributed by atoms with van der Waals surface area (Å²) in [6, 6.07) is 1.70. The van der Waals surface area contributed by atoms with E-state index in [0.29, 0.717) is 6.07 Å². The minimum Gasteiger partial charge on any atom is -0.317 e. The lowest BCUT2D eigenvalue weighted by Gasteiger charge is -2.12. The third kappa shape index (κ3) is 3.72. The second-order valence-electron chi connectivity index (χ2n) is 4.92. The van der Waals surface area contributed by atoms with Crippen molar-refractivity contribution in [1.82, 2.24) is 5.32 Å². The van der Waals surface area contributed by atoms with Crippen molar-refractivity contribution < 1.29 is 18.5 Å². The molecule has 1 aromatic carbocycles. The number of carbonyl (C=O) groups excluding carboxylic acids is 1. The summed E-state index contributed by atoms with van der Waals surface area (Å²) >= 11 is 0. The zero-order valence-corrected chi connectivity index (χ0v) is 11.2. The molecule has 0 aromatic heterocycles. The molecule has 1 amide bonds. The van der Waals surface area contributed by atoms with E-state index in [2.05, 4.69) is 10.6 Å². The van der Waals surface area contributed by atoms with Gasteiger partial charge >= 0.3 is 0 Å². The van der Waals surface area contributed by atoms with Crippen molar-refractivity contribution in [3.8, 4) is 0 Å². The van der Waals surface area contributed by atoms with Crippen LogP contribution in [0.5, 0.6) is 0 Å². The second kappa shape index (κ2) is 6.57. The summed E-state index contributed by atoms with van der Waals surface area (Å²) in [6.45, 7) is -0.0994. The fourth-order valence-electron chi connectivity index (χ4n) is 2.36. The highest BCUT2D eigenvalue weighted by atomic mass is 19.2. The van der Waals surface area contributed by atoms with Crippen LogP contribution in [0.4, 0.5) is 20.2 Å². The molecule has 0 unspecified atom stereocenters. The molecule has 0 heterocycles. The highest BCUT2D eigenvalue weighted by Crippen LogP contribution is 2.29. The van der Waals surface area contributed by atoms with Gasteiger partial charge in [-0.15, -0.1) is 0 Å². The molecule has 2 rings (SSSR count). The number of rotatable bonds is 5. The zero-order valence-electron chi connectivity index (χ0n) is 11.2. The van der Waals surface area contributed by atoms with Crippen LogP contribution in [-0.2, 0) is 4.79 Å². The number of nitro groups is 1. The maximum absolute atomic E-state index is 13.6. The van der Waals surface area contributed by atoms with Crippen molar-refractivity contribution in [3.05, 3.63) is 33.9 Å². The summed E-state index contributed by atoms with van der Waals surface area (Å²) in [7, 11) is 0. The van der Waals surface area contributed by atoms with Gasteiger partial charge in [-0.1, -0.05) is 12.8 Å². The SMILES string of the molecule is O=C(CNC1CCCC1)Nc1c([N+](=O)[O-])ccc(F)c1F. The fraction of sp³-hybridized carbons (Fsp3) is 0.462. The molecular formula is C13H15F2N3O3. The minimum absolute atomic E-state index is 0.0994. The summed E-state index contributed by atoms with van der Waals surface area (Å²) in [5.41, 5.74) is -1.42. The summed E-state index contributed by atoms with van der Waals surface area (Å²) in [5.74, 6) is -3.33. The average molecular weight is 299 g/mol. The van der Waals surface area contributed by atoms with Gasteiger partial charge in [0.15, 0.2) is 17.3 Å². The van der Waals surface area contributed by atoms with Gasteiger partial charge in [0.2, 0.25) is 5.91 Å². The summed E-state index contributed by atoms with van der Waals surface area (Å²) in [6.07, 6.45) is 4.09. The van der Waals surface area contributed by atoms with E-state index in [1.165, 1.54) is 0 Å². The van der Waals surface area contributed by atoms with E-state index in [4.69, 9.17) is 0 Å². The number of nitrogens with zero attached hydrogens (tertiary/aromatic N) is 1. The van der Waals surface area contributed by atoms with Crippen molar-refractivity contribution in [1.29, 1.82) is 0 Å². The molecule has 1 saturated carbocycles. The van der Waals surface area contributed by atoms with Gasteiger partial charge < -0.3 is 10.6 Å². The zero-order chi connectivity index (χ0) is 15.4. The van der Waals surface area contributed by atoms with Gasteiger partial charge in [-0.05, 0) is 18.9 Å². The number of hydrogen-bond donors (Lipinski definition) is 2. The number of halogens is 2. The Balaban J connectivity index is 2.05. The fourth-order valence-corrected chi connectivity index (χ4v) is 2.36. The molecule has 0 spiro atoms. The smallest absolute Gasteiger partial charge is 0.296 e. The van der Waals surface area contributed by atoms with E-state index in [0.717, 1.165) is 31.7 Å². The lowest BCUT2D eigenvalue weighted by Crippen LogP contribution is -2.34. The Kier molecular flexibility index (Phi) is 4.79. The average Bonchev–Trinajstić information content (AvgIpc) is 2.94. The van der Waals surface area contributed by atoms with Crippen LogP contribution in [0.2, 0.25) is 0 Å². The monoisotopic (exact) mass is 299 g/mol. The number of nitrogens with one attached hydrogen (secondary N) is 2. The van der Waals surface area contributed by atoms with E-state index >= 15 is 0 Å². The molecule has 1 fully saturated rings. The van der Waals surface area contributed by atoms with E-state index < -0.39 is 33.8 Å². The van der Waals surface area contributed by atoms with E-state index in [-0.39, 0.29) is 12.6 Å². The first-order chi connectivity index (χ1) is 9.99. The van der Waals surface area contributed by atoms with Gasteiger partial charge in [-0.3, -0.25) is 14.9 Å². The van der Waals surface area contributed by atoms with Crippen molar-refractivity contribution in [2.45, 2.75) is 31.7 Å². The Morgan fingerprint density at radius 1 is 1.33 bits per heavy atom. The number of hydrogen-bond acceptors (Lipinski definition) is 4. The standard InChI is InChI=1S/C13H15F2N3O3/c14-9-5-6-10(18(20)21)13(12(9)15)17-11(19)7-16-8-3-1-2-4-8/h5-6,8,16H,1-4,7H2,(H,17,19). The van der Waals surface area contributed by atoms with Crippen LogP contribution < -0.4 is 10.6 Å². The molecule has 2 N–H and O–H groups in total. The van der Waals surface area contributed by atoms with E-state index in [9.17, 15) is 23.7 Å². The molecule has 0 saturated heterocycles. The normalized spacial score (nSPS) is 15.1. The van der Waals surface area contributed by atoms with Crippen molar-refractivity contribution in [3.63, 3.8) is 0 Å². The lowest BCUT2D eigenvalue weighted by molar-refractivity contribution is -0.384. The van der Waals surface area contributed by atoms with Crippen LogP contribution >= 0.6 is 0 Å². The Bertz CT molecular complexity index is 560. The van der Waals surface area contributed by atoms with Crippen LogP contribution in [0.15, 0.2) is 12.1 Å². The maximum atomic E-state index is 13.6. The molecule has 0 radical (unpaired) electrons. The largest absolute Gasteiger partial charge is 0.317 e. The molecule has 0 bridgehead atoms. The molecule has 6 nitrogen and oxygen atoms in total. The number of amides is 1. The molecule has 21 heavy (non-hydrogen) atoms. The molecule has 1 aromatic rings. The first-order valence-corrected chi connectivity index (χ1v) is 6.64. The quantitative estimate of drug-likeness (QED) is 0.645. The van der Waals surface area contributed by atoms with Crippen molar-refractivity contribution in [2.24, 2.45) is 0 Å². The summed E-state index contributed by atoms with van der Waals surface area (Å²) in [5, 5.41) is 15.8. The van der Waals surface area contributed by atoms with Gasteiger partial charge in [0.1, 0.15) is 0 Å². The molecule has 114 valence electrons. The van der Waals surface area contributed by atoms with Crippen molar-refractivity contribution >= 4 is 17.3 Å². The third-order valence-electron chi connectivity index (χ3n) is 3.44. The highest BCUT2D eigenvalue weighted by Gasteiger charge is 2.23. The molecule has 0 atom stereocenters. The topological polar surface area (TPSA) is 84.3 Å². The predicted octanol–water partition coefficient (Wildman–Crippen LogP) is 2.34. The van der Waals surface area contributed by atoms with Crippen molar-refractivity contribution in [2.75, 3.05) is 11.9 Å². The minimum atomic E-state index is -1.43. The number of anilines is 1. The third-order valence-corrected chi connectivity index (χ3v) is 3.44. The number of nitro benzene ring substituents is 1. The highest BCUT2D eigenvalue weighted by molar-refractivity contribution is 5.94. The van der Waals surface area contributed by atoms with Crippen LogP contribution in [0.1, 0.15) is 25.7 Å². The Hall–Kier alpha value is -2.09. The first-order valence-electron chi connectivity index (χ1n) is 6.64. The van der Waals surface area contributed by atoms with Gasteiger partial charge in [-0.2, -0.15) is 0 Å². The second-order valence-corrected chi connectivity index (χ2v) is 4.92. The Labute approximate surface area is 119 Å². The van der Waals surface area contributed by atoms with E-state index in [1.807, 2.05) is 0 Å². The molecule has 1 aliphatic rings.